The molecule has 0 aliphatic carbocycles. The highest BCUT2D eigenvalue weighted by molar-refractivity contribution is 6.35. The van der Waals surface area contributed by atoms with Crippen LogP contribution < -0.4 is 11.1 Å². The molecular weight excluding hydrogens is 273 g/mol. The molecule has 92 valence electrons. The molecule has 1 aromatic heterocycles. The summed E-state index contributed by atoms with van der Waals surface area (Å²) in [5, 5.41) is 3.16. The maximum Gasteiger partial charge on any atom is 0.260 e. The van der Waals surface area contributed by atoms with E-state index in [1.54, 1.807) is 36.4 Å². The van der Waals surface area contributed by atoms with Gasteiger partial charge < -0.3 is 11.1 Å². The average molecular weight is 282 g/mol. The molecule has 2 aromatic rings. The number of nitrogen functional groups attached to an aromatic ring is 1. The lowest BCUT2D eigenvalue weighted by Gasteiger charge is -2.08. The van der Waals surface area contributed by atoms with Crippen LogP contribution in [0.5, 0.6) is 0 Å². The lowest BCUT2D eigenvalue weighted by Crippen LogP contribution is -2.15. The van der Waals surface area contributed by atoms with Gasteiger partial charge in [0.2, 0.25) is 0 Å². The van der Waals surface area contributed by atoms with E-state index < -0.39 is 5.91 Å². The monoisotopic (exact) mass is 281 g/mol. The van der Waals surface area contributed by atoms with Crippen LogP contribution in [0.4, 0.5) is 11.5 Å². The summed E-state index contributed by atoms with van der Waals surface area (Å²) in [5.41, 5.74) is 6.24. The first-order valence-corrected chi connectivity index (χ1v) is 5.81. The average Bonchev–Trinajstić information content (AvgIpc) is 2.28. The van der Waals surface area contributed by atoms with Crippen molar-refractivity contribution < 1.29 is 4.79 Å². The Morgan fingerprint density at radius 1 is 1.17 bits per heavy atom. The molecule has 0 saturated heterocycles. The van der Waals surface area contributed by atoms with Crippen molar-refractivity contribution in [3.05, 3.63) is 52.1 Å². The molecule has 0 fully saturated rings. The number of halogens is 2. The highest BCUT2D eigenvalue weighted by Gasteiger charge is 2.14. The normalized spacial score (nSPS) is 10.1. The van der Waals surface area contributed by atoms with Gasteiger partial charge in [0.1, 0.15) is 11.0 Å². The molecule has 1 amide bonds. The van der Waals surface area contributed by atoms with E-state index in [1.807, 2.05) is 0 Å². The number of benzene rings is 1. The second-order valence-corrected chi connectivity index (χ2v) is 4.30. The van der Waals surface area contributed by atoms with Crippen LogP contribution in [0.3, 0.4) is 0 Å². The van der Waals surface area contributed by atoms with E-state index in [2.05, 4.69) is 10.3 Å². The zero-order valence-corrected chi connectivity index (χ0v) is 10.7. The summed E-state index contributed by atoms with van der Waals surface area (Å²) in [5.74, 6) is -0.0836. The number of aromatic nitrogens is 1. The fourth-order valence-corrected chi connectivity index (χ4v) is 1.87. The van der Waals surface area contributed by atoms with E-state index in [1.165, 1.54) is 0 Å². The van der Waals surface area contributed by atoms with Crippen LogP contribution in [0, 0.1) is 0 Å². The molecule has 0 atom stereocenters. The van der Waals surface area contributed by atoms with Crippen LogP contribution in [0.2, 0.25) is 10.2 Å². The SMILES string of the molecule is Nc1cccc(Cl)c1C(=O)Nc1cccc(Cl)n1. The Balaban J connectivity index is 2.28. The molecule has 1 heterocycles. The van der Waals surface area contributed by atoms with Crippen LogP contribution in [-0.2, 0) is 0 Å². The first-order chi connectivity index (χ1) is 8.58. The standard InChI is InChI=1S/C12H9Cl2N3O/c13-7-3-1-4-8(15)11(7)12(18)17-10-6-2-5-9(14)16-10/h1-6H,15H2,(H,16,17,18). The Hall–Kier alpha value is -1.78. The van der Waals surface area contributed by atoms with E-state index in [0.29, 0.717) is 16.7 Å². The molecule has 0 radical (unpaired) electrons. The number of anilines is 2. The highest BCUT2D eigenvalue weighted by atomic mass is 35.5. The number of carbonyl (C=O) groups excluding carboxylic acids is 1. The van der Waals surface area contributed by atoms with Gasteiger partial charge in [-0.15, -0.1) is 0 Å². The van der Waals surface area contributed by atoms with Crippen molar-refractivity contribution >= 4 is 40.6 Å². The number of hydrogen-bond acceptors (Lipinski definition) is 3. The number of rotatable bonds is 2. The predicted octanol–water partition coefficient (Wildman–Crippen LogP) is 3.22. The minimum Gasteiger partial charge on any atom is -0.398 e. The number of hydrogen-bond donors (Lipinski definition) is 2. The van der Waals surface area contributed by atoms with E-state index in [9.17, 15) is 4.79 Å². The summed E-state index contributed by atoms with van der Waals surface area (Å²) in [7, 11) is 0. The minimum atomic E-state index is -0.423. The van der Waals surface area contributed by atoms with E-state index in [0.717, 1.165) is 0 Å². The lowest BCUT2D eigenvalue weighted by molar-refractivity contribution is 0.102. The van der Waals surface area contributed by atoms with E-state index in [-0.39, 0.29) is 10.6 Å². The van der Waals surface area contributed by atoms with Crippen molar-refractivity contribution in [2.75, 3.05) is 11.1 Å². The smallest absolute Gasteiger partial charge is 0.260 e. The van der Waals surface area contributed by atoms with Gasteiger partial charge in [0.25, 0.3) is 5.91 Å². The summed E-state index contributed by atoms with van der Waals surface area (Å²) < 4.78 is 0. The number of pyridine rings is 1. The number of nitrogens with zero attached hydrogens (tertiary/aromatic N) is 1. The molecule has 0 spiro atoms. The third-order valence-electron chi connectivity index (χ3n) is 2.23. The van der Waals surface area contributed by atoms with Gasteiger partial charge in [0, 0.05) is 5.69 Å². The molecule has 18 heavy (non-hydrogen) atoms. The van der Waals surface area contributed by atoms with Gasteiger partial charge in [0.05, 0.1) is 10.6 Å². The lowest BCUT2D eigenvalue weighted by atomic mass is 10.1. The summed E-state index contributed by atoms with van der Waals surface area (Å²) in [4.78, 5) is 16.0. The largest absolute Gasteiger partial charge is 0.398 e. The van der Waals surface area contributed by atoms with E-state index in [4.69, 9.17) is 28.9 Å². The molecule has 0 aliphatic heterocycles. The quantitative estimate of drug-likeness (QED) is 0.656. The van der Waals surface area contributed by atoms with Gasteiger partial charge in [-0.25, -0.2) is 4.98 Å². The second kappa shape index (κ2) is 5.25. The zero-order valence-electron chi connectivity index (χ0n) is 9.15. The fourth-order valence-electron chi connectivity index (χ4n) is 1.44. The van der Waals surface area contributed by atoms with Crippen LogP contribution in [0.25, 0.3) is 0 Å². The van der Waals surface area contributed by atoms with Crippen molar-refractivity contribution in [1.29, 1.82) is 0 Å². The van der Waals surface area contributed by atoms with Crippen LogP contribution in [0.15, 0.2) is 36.4 Å². The highest BCUT2D eigenvalue weighted by Crippen LogP contribution is 2.23. The van der Waals surface area contributed by atoms with Crippen molar-refractivity contribution in [2.45, 2.75) is 0 Å². The molecule has 0 aliphatic rings. The minimum absolute atomic E-state index is 0.223. The molecule has 3 N–H and O–H groups in total. The van der Waals surface area contributed by atoms with Crippen LogP contribution in [0.1, 0.15) is 10.4 Å². The van der Waals surface area contributed by atoms with Crippen LogP contribution >= 0.6 is 23.2 Å². The zero-order chi connectivity index (χ0) is 13.1. The number of amides is 1. The first kappa shape index (κ1) is 12.7. The Bertz CT molecular complexity index is 581. The Morgan fingerprint density at radius 3 is 2.56 bits per heavy atom. The molecule has 6 heteroatoms. The van der Waals surface area contributed by atoms with Crippen molar-refractivity contribution in [3.8, 4) is 0 Å². The summed E-state index contributed by atoms with van der Waals surface area (Å²) in [6.07, 6.45) is 0. The maximum atomic E-state index is 12.0. The number of carbonyl (C=O) groups is 1. The molecule has 0 unspecified atom stereocenters. The van der Waals surface area contributed by atoms with Crippen LogP contribution in [-0.4, -0.2) is 10.9 Å². The molecular formula is C12H9Cl2N3O. The Morgan fingerprint density at radius 2 is 1.89 bits per heavy atom. The van der Waals surface area contributed by atoms with E-state index >= 15 is 0 Å². The summed E-state index contributed by atoms with van der Waals surface area (Å²) in [6, 6.07) is 9.79. The van der Waals surface area contributed by atoms with Gasteiger partial charge in [0.15, 0.2) is 0 Å². The van der Waals surface area contributed by atoms with Gasteiger partial charge >= 0.3 is 0 Å². The molecule has 4 nitrogen and oxygen atoms in total. The molecule has 0 saturated carbocycles. The molecule has 2 rings (SSSR count). The maximum absolute atomic E-state index is 12.0. The Kier molecular flexibility index (Phi) is 3.69. The summed E-state index contributed by atoms with van der Waals surface area (Å²) >= 11 is 11.7. The second-order valence-electron chi connectivity index (χ2n) is 3.50. The van der Waals surface area contributed by atoms with Crippen molar-refractivity contribution in [3.63, 3.8) is 0 Å². The van der Waals surface area contributed by atoms with Gasteiger partial charge in [-0.3, -0.25) is 4.79 Å². The molecule has 0 bridgehead atoms. The van der Waals surface area contributed by atoms with Gasteiger partial charge in [-0.2, -0.15) is 0 Å². The predicted molar refractivity (Wildman–Crippen MR) is 73.1 cm³/mol. The van der Waals surface area contributed by atoms with Crippen molar-refractivity contribution in [1.82, 2.24) is 4.98 Å². The fraction of sp³-hybridized carbons (Fsp3) is 0. The first-order valence-electron chi connectivity index (χ1n) is 5.06. The van der Waals surface area contributed by atoms with Crippen molar-refractivity contribution in [2.24, 2.45) is 0 Å². The Labute approximate surface area is 114 Å². The van der Waals surface area contributed by atoms with Gasteiger partial charge in [-0.05, 0) is 24.3 Å². The number of nitrogens with two attached hydrogens (primary N) is 1. The number of nitrogens with one attached hydrogen (secondary N) is 1. The van der Waals surface area contributed by atoms with Gasteiger partial charge in [-0.1, -0.05) is 35.3 Å². The topological polar surface area (TPSA) is 68.0 Å². The third-order valence-corrected chi connectivity index (χ3v) is 2.76. The third kappa shape index (κ3) is 2.72. The summed E-state index contributed by atoms with van der Waals surface area (Å²) in [6.45, 7) is 0. The molecule has 1 aromatic carbocycles.